The van der Waals surface area contributed by atoms with E-state index in [1.54, 1.807) is 28.5 Å². The van der Waals surface area contributed by atoms with E-state index in [0.717, 1.165) is 26.7 Å². The summed E-state index contributed by atoms with van der Waals surface area (Å²) < 4.78 is 6.23. The summed E-state index contributed by atoms with van der Waals surface area (Å²) >= 11 is 3.09. The van der Waals surface area contributed by atoms with Crippen molar-refractivity contribution < 1.29 is 9.32 Å². The first kappa shape index (κ1) is 19.6. The van der Waals surface area contributed by atoms with E-state index in [-0.39, 0.29) is 11.9 Å². The summed E-state index contributed by atoms with van der Waals surface area (Å²) in [5.74, 6) is 1.28. The van der Waals surface area contributed by atoms with Gasteiger partial charge in [-0.3, -0.25) is 4.79 Å². The number of aryl methyl sites for hydroxylation is 1. The summed E-state index contributed by atoms with van der Waals surface area (Å²) in [6.45, 7) is 3.85. The molecule has 0 saturated heterocycles. The minimum Gasteiger partial charge on any atom is -0.361 e. The molecule has 0 spiro atoms. The van der Waals surface area contributed by atoms with Crippen LogP contribution in [0.2, 0.25) is 0 Å². The first-order valence-corrected chi connectivity index (χ1v) is 11.0. The number of fused-ring (bicyclic) bond motifs is 1. The third kappa shape index (κ3) is 4.18. The number of nitrogens with zero attached hydrogens (tertiary/aromatic N) is 4. The van der Waals surface area contributed by atoms with Gasteiger partial charge in [-0.2, -0.15) is 0 Å². The van der Waals surface area contributed by atoms with Crippen molar-refractivity contribution in [2.75, 3.05) is 7.05 Å². The molecule has 6 nitrogen and oxygen atoms in total. The Morgan fingerprint density at radius 1 is 1.28 bits per heavy atom. The van der Waals surface area contributed by atoms with E-state index in [1.807, 2.05) is 57.3 Å². The maximum atomic E-state index is 13.2. The largest absolute Gasteiger partial charge is 0.361 e. The number of benzene rings is 1. The maximum absolute atomic E-state index is 13.2. The molecule has 0 aliphatic rings. The van der Waals surface area contributed by atoms with Crippen LogP contribution in [0.25, 0.3) is 10.2 Å². The molecule has 0 radical (unpaired) electrons. The predicted octanol–water partition coefficient (Wildman–Crippen LogP) is 5.11. The number of hydrogen-bond donors (Lipinski definition) is 0. The van der Waals surface area contributed by atoms with E-state index in [0.29, 0.717) is 16.3 Å². The van der Waals surface area contributed by atoms with Crippen LogP contribution in [-0.4, -0.2) is 33.0 Å². The van der Waals surface area contributed by atoms with Crippen LogP contribution in [0.3, 0.4) is 0 Å². The summed E-state index contributed by atoms with van der Waals surface area (Å²) in [7, 11) is 1.81. The average molecular weight is 425 g/mol. The zero-order valence-corrected chi connectivity index (χ0v) is 18.0. The second-order valence-electron chi connectivity index (χ2n) is 6.69. The molecule has 0 fully saturated rings. The van der Waals surface area contributed by atoms with Crippen molar-refractivity contribution in [2.24, 2.45) is 0 Å². The van der Waals surface area contributed by atoms with Gasteiger partial charge in [0.1, 0.15) is 15.8 Å². The number of thioether (sulfide) groups is 1. The van der Waals surface area contributed by atoms with Crippen LogP contribution in [0, 0.1) is 6.92 Å². The third-order valence-electron chi connectivity index (χ3n) is 4.60. The zero-order valence-electron chi connectivity index (χ0n) is 16.3. The molecule has 0 aliphatic carbocycles. The van der Waals surface area contributed by atoms with Gasteiger partial charge in [-0.25, -0.2) is 9.97 Å². The standard InChI is InChI=1S/C21H20N4O2S2/c1-13-11-15(24-27-13)12-28-20-16(7-6-10-22-20)21(26)25(3)14(2)19-23-17-8-4-5-9-18(17)29-19/h4-11,14H,12H2,1-3H3/t14-/m0/s1. The highest BCUT2D eigenvalue weighted by atomic mass is 32.2. The molecule has 148 valence electrons. The normalized spacial score (nSPS) is 12.2. The molecule has 29 heavy (non-hydrogen) atoms. The summed E-state index contributed by atoms with van der Waals surface area (Å²) in [5.41, 5.74) is 2.36. The number of carbonyl (C=O) groups excluding carboxylic acids is 1. The fourth-order valence-corrected chi connectivity index (χ4v) is 4.83. The van der Waals surface area contributed by atoms with Gasteiger partial charge in [0, 0.05) is 25.1 Å². The van der Waals surface area contributed by atoms with Gasteiger partial charge in [-0.15, -0.1) is 11.3 Å². The number of thiazole rings is 1. The topological polar surface area (TPSA) is 72.1 Å². The molecular weight excluding hydrogens is 404 g/mol. The molecule has 1 atom stereocenters. The van der Waals surface area contributed by atoms with E-state index < -0.39 is 0 Å². The number of pyridine rings is 1. The van der Waals surface area contributed by atoms with E-state index in [4.69, 9.17) is 9.51 Å². The van der Waals surface area contributed by atoms with E-state index in [9.17, 15) is 4.79 Å². The number of amides is 1. The Kier molecular flexibility index (Phi) is 5.64. The van der Waals surface area contributed by atoms with Crippen LogP contribution in [0.5, 0.6) is 0 Å². The maximum Gasteiger partial charge on any atom is 0.256 e. The van der Waals surface area contributed by atoms with Gasteiger partial charge >= 0.3 is 0 Å². The van der Waals surface area contributed by atoms with Crippen molar-refractivity contribution in [3.05, 3.63) is 70.7 Å². The van der Waals surface area contributed by atoms with Crippen molar-refractivity contribution in [3.63, 3.8) is 0 Å². The first-order valence-electron chi connectivity index (χ1n) is 9.15. The lowest BCUT2D eigenvalue weighted by atomic mass is 10.2. The molecular formula is C21H20N4O2S2. The Bertz CT molecular complexity index is 1120. The van der Waals surface area contributed by atoms with Crippen molar-refractivity contribution >= 4 is 39.2 Å². The lowest BCUT2D eigenvalue weighted by Crippen LogP contribution is -2.30. The van der Waals surface area contributed by atoms with Gasteiger partial charge < -0.3 is 9.42 Å². The molecule has 1 amide bonds. The highest BCUT2D eigenvalue weighted by molar-refractivity contribution is 7.98. The highest BCUT2D eigenvalue weighted by Gasteiger charge is 2.24. The molecule has 0 bridgehead atoms. The summed E-state index contributed by atoms with van der Waals surface area (Å²) in [6, 6.07) is 13.4. The molecule has 8 heteroatoms. The van der Waals surface area contributed by atoms with Gasteiger partial charge in [0.05, 0.1) is 27.5 Å². The second-order valence-corrected chi connectivity index (χ2v) is 8.71. The molecule has 4 aromatic rings. The lowest BCUT2D eigenvalue weighted by Gasteiger charge is -2.24. The van der Waals surface area contributed by atoms with Crippen molar-refractivity contribution in [2.45, 2.75) is 30.7 Å². The molecule has 3 heterocycles. The Morgan fingerprint density at radius 2 is 2.10 bits per heavy atom. The SMILES string of the molecule is Cc1cc(CSc2ncccc2C(=O)N(C)[C@@H](C)c2nc3ccccc3s2)no1. The van der Waals surface area contributed by atoms with Crippen LogP contribution in [-0.2, 0) is 5.75 Å². The van der Waals surface area contributed by atoms with Gasteiger partial charge in [-0.05, 0) is 38.1 Å². The molecule has 3 aromatic heterocycles. The highest BCUT2D eigenvalue weighted by Crippen LogP contribution is 2.31. The summed E-state index contributed by atoms with van der Waals surface area (Å²) in [5, 5.41) is 5.60. The van der Waals surface area contributed by atoms with E-state index in [1.165, 1.54) is 11.8 Å². The van der Waals surface area contributed by atoms with Crippen LogP contribution < -0.4 is 0 Å². The minimum atomic E-state index is -0.142. The van der Waals surface area contributed by atoms with Crippen LogP contribution in [0.15, 0.2) is 58.2 Å². The van der Waals surface area contributed by atoms with E-state index >= 15 is 0 Å². The summed E-state index contributed by atoms with van der Waals surface area (Å²) in [6.07, 6.45) is 1.70. The zero-order chi connectivity index (χ0) is 20.4. The van der Waals surface area contributed by atoms with Crippen LogP contribution in [0.4, 0.5) is 0 Å². The minimum absolute atomic E-state index is 0.0799. The van der Waals surface area contributed by atoms with Crippen molar-refractivity contribution in [3.8, 4) is 0 Å². The van der Waals surface area contributed by atoms with Gasteiger partial charge in [-0.1, -0.05) is 29.1 Å². The fraction of sp³-hybridized carbons (Fsp3) is 0.238. The number of aromatic nitrogens is 3. The monoisotopic (exact) mass is 424 g/mol. The lowest BCUT2D eigenvalue weighted by molar-refractivity contribution is 0.0738. The first-order chi connectivity index (χ1) is 14.0. The molecule has 0 unspecified atom stereocenters. The molecule has 1 aromatic carbocycles. The van der Waals surface area contributed by atoms with Gasteiger partial charge in [0.25, 0.3) is 5.91 Å². The average Bonchev–Trinajstić information content (AvgIpc) is 3.36. The Hall–Kier alpha value is -2.71. The van der Waals surface area contributed by atoms with Gasteiger partial charge in [0.2, 0.25) is 0 Å². The second kappa shape index (κ2) is 8.34. The quantitative estimate of drug-likeness (QED) is 0.400. The van der Waals surface area contributed by atoms with Crippen molar-refractivity contribution in [1.82, 2.24) is 20.0 Å². The van der Waals surface area contributed by atoms with Crippen LogP contribution in [0.1, 0.15) is 39.8 Å². The summed E-state index contributed by atoms with van der Waals surface area (Å²) in [4.78, 5) is 24.1. The molecule has 0 N–H and O–H groups in total. The molecule has 4 rings (SSSR count). The number of rotatable bonds is 6. The van der Waals surface area contributed by atoms with Crippen molar-refractivity contribution in [1.29, 1.82) is 0 Å². The smallest absolute Gasteiger partial charge is 0.256 e. The Morgan fingerprint density at radius 3 is 2.86 bits per heavy atom. The van der Waals surface area contributed by atoms with Gasteiger partial charge in [0.15, 0.2) is 0 Å². The Balaban J connectivity index is 1.53. The van der Waals surface area contributed by atoms with E-state index in [2.05, 4.69) is 10.1 Å². The molecule has 0 aliphatic heterocycles. The predicted molar refractivity (Wildman–Crippen MR) is 115 cm³/mol. The number of hydrogen-bond acceptors (Lipinski definition) is 7. The number of para-hydroxylation sites is 1. The third-order valence-corrected chi connectivity index (χ3v) is 6.85. The Labute approximate surface area is 177 Å². The number of carbonyl (C=O) groups is 1. The van der Waals surface area contributed by atoms with Crippen LogP contribution >= 0.6 is 23.1 Å². The fourth-order valence-electron chi connectivity index (χ4n) is 2.90. The molecule has 0 saturated carbocycles.